The van der Waals surface area contributed by atoms with Crippen LogP contribution >= 0.6 is 22.6 Å². The summed E-state index contributed by atoms with van der Waals surface area (Å²) in [7, 11) is 0. The molecule has 0 saturated heterocycles. The van der Waals surface area contributed by atoms with Crippen molar-refractivity contribution >= 4 is 28.3 Å². The minimum atomic E-state index is 0.455. The zero-order valence-electron chi connectivity index (χ0n) is 6.57. The molecule has 5 heteroatoms. The van der Waals surface area contributed by atoms with Crippen molar-refractivity contribution < 1.29 is 4.52 Å². The van der Waals surface area contributed by atoms with Gasteiger partial charge in [0.05, 0.1) is 5.56 Å². The normalized spacial score (nSPS) is 10.2. The average Bonchev–Trinajstić information content (AvgIpc) is 2.61. The topological polar surface area (TPSA) is 64.9 Å². The number of rotatable bonds is 1. The van der Waals surface area contributed by atoms with Crippen molar-refractivity contribution in [3.63, 3.8) is 0 Å². The fraction of sp³-hybridized carbons (Fsp3) is 0. The maximum Gasteiger partial charge on any atom is 0.259 e. The van der Waals surface area contributed by atoms with Crippen molar-refractivity contribution in [1.29, 1.82) is 0 Å². The second-order valence-corrected chi connectivity index (χ2v) is 3.72. The lowest BCUT2D eigenvalue weighted by Crippen LogP contribution is -1.90. The van der Waals surface area contributed by atoms with E-state index < -0.39 is 0 Å². The fourth-order valence-corrected chi connectivity index (χ4v) is 1.50. The van der Waals surface area contributed by atoms with E-state index >= 15 is 0 Å². The molecule has 2 rings (SSSR count). The van der Waals surface area contributed by atoms with Gasteiger partial charge in [-0.1, -0.05) is 5.16 Å². The second kappa shape index (κ2) is 3.33. The highest BCUT2D eigenvalue weighted by Crippen LogP contribution is 2.25. The summed E-state index contributed by atoms with van der Waals surface area (Å²) in [6, 6.07) is 5.65. The van der Waals surface area contributed by atoms with Gasteiger partial charge >= 0.3 is 0 Å². The summed E-state index contributed by atoms with van der Waals surface area (Å²) < 4.78 is 5.99. The molecule has 0 unspecified atom stereocenters. The molecule has 0 amide bonds. The van der Waals surface area contributed by atoms with Gasteiger partial charge in [0, 0.05) is 9.26 Å². The van der Waals surface area contributed by atoms with Crippen LogP contribution in [0.2, 0.25) is 0 Å². The fourth-order valence-electron chi connectivity index (χ4n) is 1.01. The summed E-state index contributed by atoms with van der Waals surface area (Å²) in [4.78, 5) is 3.93. The third-order valence-electron chi connectivity index (χ3n) is 1.61. The Labute approximate surface area is 88.3 Å². The van der Waals surface area contributed by atoms with Crippen LogP contribution in [0.1, 0.15) is 0 Å². The summed E-state index contributed by atoms with van der Waals surface area (Å²) in [6.07, 6.45) is 1.36. The van der Waals surface area contributed by atoms with E-state index in [4.69, 9.17) is 10.3 Å². The molecule has 1 aromatic heterocycles. The van der Waals surface area contributed by atoms with E-state index in [0.717, 1.165) is 9.13 Å². The van der Waals surface area contributed by atoms with E-state index in [0.29, 0.717) is 11.6 Å². The highest BCUT2D eigenvalue weighted by Gasteiger charge is 2.07. The van der Waals surface area contributed by atoms with E-state index in [1.54, 1.807) is 0 Å². The molecule has 0 radical (unpaired) electrons. The van der Waals surface area contributed by atoms with E-state index in [1.807, 2.05) is 18.2 Å². The molecular formula is C8H6IN3O. The highest BCUT2D eigenvalue weighted by atomic mass is 127. The average molecular weight is 287 g/mol. The summed E-state index contributed by atoms with van der Waals surface area (Å²) in [5.41, 5.74) is 7.17. The predicted molar refractivity (Wildman–Crippen MR) is 56.9 cm³/mol. The van der Waals surface area contributed by atoms with Crippen molar-refractivity contribution in [3.05, 3.63) is 28.1 Å². The maximum absolute atomic E-state index is 5.75. The Balaban J connectivity index is 2.57. The number of nitrogens with zero attached hydrogens (tertiary/aromatic N) is 2. The number of anilines is 1. The van der Waals surface area contributed by atoms with Gasteiger partial charge in [0.15, 0.2) is 6.33 Å². The molecule has 0 spiro atoms. The lowest BCUT2D eigenvalue weighted by Gasteiger charge is -2.00. The van der Waals surface area contributed by atoms with Gasteiger partial charge in [-0.05, 0) is 40.8 Å². The minimum absolute atomic E-state index is 0.455. The number of halogens is 1. The highest BCUT2D eigenvalue weighted by molar-refractivity contribution is 14.1. The molecule has 0 bridgehead atoms. The van der Waals surface area contributed by atoms with Crippen LogP contribution < -0.4 is 5.73 Å². The smallest absolute Gasteiger partial charge is 0.259 e. The third-order valence-corrected chi connectivity index (χ3v) is 2.28. The van der Waals surface area contributed by atoms with Gasteiger partial charge in [0.25, 0.3) is 5.89 Å². The number of hydrogen-bond acceptors (Lipinski definition) is 4. The van der Waals surface area contributed by atoms with Gasteiger partial charge in [-0.2, -0.15) is 4.98 Å². The Morgan fingerprint density at radius 1 is 1.38 bits per heavy atom. The lowest BCUT2D eigenvalue weighted by atomic mass is 10.2. The summed E-state index contributed by atoms with van der Waals surface area (Å²) >= 11 is 2.20. The van der Waals surface area contributed by atoms with Gasteiger partial charge in [0.1, 0.15) is 0 Å². The van der Waals surface area contributed by atoms with Crippen molar-refractivity contribution in [2.75, 3.05) is 5.73 Å². The first-order chi connectivity index (χ1) is 6.27. The first kappa shape index (κ1) is 8.49. The molecule has 4 nitrogen and oxygen atoms in total. The number of nitrogens with two attached hydrogens (primary N) is 1. The Morgan fingerprint density at radius 3 is 2.92 bits per heavy atom. The monoisotopic (exact) mass is 287 g/mol. The molecule has 0 aliphatic heterocycles. The van der Waals surface area contributed by atoms with E-state index in [-0.39, 0.29) is 0 Å². The number of benzene rings is 1. The standard InChI is InChI=1S/C8H6IN3O/c9-5-1-2-7(10)6(3-5)8-11-4-12-13-8/h1-4H,10H2. The van der Waals surface area contributed by atoms with Crippen LogP contribution in [0.3, 0.4) is 0 Å². The van der Waals surface area contributed by atoms with Crippen molar-refractivity contribution in [3.8, 4) is 11.5 Å². The van der Waals surface area contributed by atoms with Gasteiger partial charge in [-0.25, -0.2) is 0 Å². The van der Waals surface area contributed by atoms with Gasteiger partial charge in [-0.15, -0.1) is 0 Å². The Morgan fingerprint density at radius 2 is 2.23 bits per heavy atom. The van der Waals surface area contributed by atoms with Crippen LogP contribution in [0.4, 0.5) is 5.69 Å². The summed E-state index contributed by atoms with van der Waals surface area (Å²) in [5, 5.41) is 3.53. The molecular weight excluding hydrogens is 281 g/mol. The maximum atomic E-state index is 5.75. The number of aromatic nitrogens is 2. The molecule has 13 heavy (non-hydrogen) atoms. The largest absolute Gasteiger partial charge is 0.398 e. The second-order valence-electron chi connectivity index (χ2n) is 2.48. The predicted octanol–water partition coefficient (Wildman–Crippen LogP) is 1.92. The number of nitrogen functional groups attached to an aromatic ring is 1. The molecule has 0 aliphatic carbocycles. The zero-order valence-corrected chi connectivity index (χ0v) is 8.72. The van der Waals surface area contributed by atoms with Gasteiger partial charge in [0.2, 0.25) is 0 Å². The van der Waals surface area contributed by atoms with Crippen molar-refractivity contribution in [1.82, 2.24) is 10.1 Å². The Kier molecular flexibility index (Phi) is 2.17. The van der Waals surface area contributed by atoms with E-state index in [1.165, 1.54) is 6.33 Å². The third kappa shape index (κ3) is 1.64. The van der Waals surface area contributed by atoms with Crippen molar-refractivity contribution in [2.45, 2.75) is 0 Å². The van der Waals surface area contributed by atoms with Crippen LogP contribution in [0.15, 0.2) is 29.0 Å². The van der Waals surface area contributed by atoms with Crippen LogP contribution in [-0.2, 0) is 0 Å². The van der Waals surface area contributed by atoms with Gasteiger partial charge in [-0.3, -0.25) is 0 Å². The van der Waals surface area contributed by atoms with Gasteiger partial charge < -0.3 is 10.3 Å². The first-order valence-electron chi connectivity index (χ1n) is 3.59. The number of hydrogen-bond donors (Lipinski definition) is 1. The molecule has 1 aromatic carbocycles. The molecule has 2 aromatic rings. The molecule has 0 atom stereocenters. The van der Waals surface area contributed by atoms with Crippen LogP contribution in [0.5, 0.6) is 0 Å². The molecule has 2 N–H and O–H groups in total. The van der Waals surface area contributed by atoms with Crippen LogP contribution in [0.25, 0.3) is 11.5 Å². The van der Waals surface area contributed by atoms with E-state index in [2.05, 4.69) is 32.7 Å². The quantitative estimate of drug-likeness (QED) is 0.643. The molecule has 0 fully saturated rings. The minimum Gasteiger partial charge on any atom is -0.398 e. The van der Waals surface area contributed by atoms with Crippen molar-refractivity contribution in [2.24, 2.45) is 0 Å². The molecule has 1 heterocycles. The zero-order chi connectivity index (χ0) is 9.26. The summed E-state index contributed by atoms with van der Waals surface area (Å²) in [5.74, 6) is 0.455. The van der Waals surface area contributed by atoms with Crippen LogP contribution in [0, 0.1) is 3.57 Å². The SMILES string of the molecule is Nc1ccc(I)cc1-c1ncno1. The molecule has 66 valence electrons. The molecule has 0 aliphatic rings. The first-order valence-corrected chi connectivity index (χ1v) is 4.67. The molecule has 0 saturated carbocycles. The van der Waals surface area contributed by atoms with E-state index in [9.17, 15) is 0 Å². The summed E-state index contributed by atoms with van der Waals surface area (Å²) in [6.45, 7) is 0. The lowest BCUT2D eigenvalue weighted by molar-refractivity contribution is 0.430. The Hall–Kier alpha value is -1.11. The Bertz CT molecular complexity index is 413. The van der Waals surface area contributed by atoms with Crippen LogP contribution in [-0.4, -0.2) is 10.1 Å².